The third kappa shape index (κ3) is 1.23. The highest BCUT2D eigenvalue weighted by atomic mass is 14.3. The van der Waals surface area contributed by atoms with E-state index in [0.29, 0.717) is 0 Å². The summed E-state index contributed by atoms with van der Waals surface area (Å²) in [6.07, 6.45) is 3.61. The van der Waals surface area contributed by atoms with Crippen LogP contribution in [0.25, 0.3) is 10.8 Å². The summed E-state index contributed by atoms with van der Waals surface area (Å²) >= 11 is 0. The molecule has 13 heavy (non-hydrogen) atoms. The summed E-state index contributed by atoms with van der Waals surface area (Å²) in [6.45, 7) is 0. The molecular weight excluding hydrogens is 156 g/mol. The third-order valence-corrected chi connectivity index (χ3v) is 2.67. The molecule has 1 unspecified atom stereocenters. The fourth-order valence-corrected chi connectivity index (χ4v) is 1.78. The topological polar surface area (TPSA) is 0 Å². The molecule has 63 valence electrons. The van der Waals surface area contributed by atoms with Crippen LogP contribution in [0.5, 0.6) is 0 Å². The largest absolute Gasteiger partial charge is 0.0616 e. The van der Waals surface area contributed by atoms with Crippen molar-refractivity contribution in [2.45, 2.75) is 12.3 Å². The molecule has 2 aromatic rings. The monoisotopic (exact) mass is 167 g/mol. The summed E-state index contributed by atoms with van der Waals surface area (Å²) in [6, 6.07) is 15.3. The van der Waals surface area contributed by atoms with Gasteiger partial charge in [-0.05, 0) is 35.1 Å². The van der Waals surface area contributed by atoms with Gasteiger partial charge in [0, 0.05) is 0 Å². The van der Waals surface area contributed by atoms with Gasteiger partial charge < -0.3 is 0 Å². The second-order valence-electron chi connectivity index (χ2n) is 3.68. The molecule has 1 fully saturated rings. The van der Waals surface area contributed by atoms with Gasteiger partial charge in [0.1, 0.15) is 0 Å². The molecule has 0 heterocycles. The van der Waals surface area contributed by atoms with E-state index in [1.165, 1.54) is 22.8 Å². The molecule has 1 saturated carbocycles. The van der Waals surface area contributed by atoms with Gasteiger partial charge in [-0.2, -0.15) is 0 Å². The summed E-state index contributed by atoms with van der Waals surface area (Å²) in [5.41, 5.74) is 1.47. The Balaban J connectivity index is 2.21. The zero-order chi connectivity index (χ0) is 8.67. The molecule has 1 radical (unpaired) electrons. The average molecular weight is 167 g/mol. The van der Waals surface area contributed by atoms with Crippen molar-refractivity contribution in [1.29, 1.82) is 0 Å². The molecule has 0 aliphatic heterocycles. The molecule has 0 heteroatoms. The zero-order valence-corrected chi connectivity index (χ0v) is 7.40. The van der Waals surface area contributed by atoms with Gasteiger partial charge in [0.05, 0.1) is 0 Å². The first-order valence-corrected chi connectivity index (χ1v) is 4.75. The molecule has 2 aromatic carbocycles. The van der Waals surface area contributed by atoms with Crippen LogP contribution in [0.4, 0.5) is 0 Å². The smallest absolute Gasteiger partial charge is 0.0127 e. The molecular formula is C13H11. The molecule has 1 aliphatic carbocycles. The van der Waals surface area contributed by atoms with Crippen LogP contribution in [0.2, 0.25) is 0 Å². The van der Waals surface area contributed by atoms with Crippen LogP contribution < -0.4 is 0 Å². The van der Waals surface area contributed by atoms with Gasteiger partial charge in [-0.25, -0.2) is 0 Å². The lowest BCUT2D eigenvalue weighted by Gasteiger charge is -2.00. The lowest BCUT2D eigenvalue weighted by Crippen LogP contribution is -1.79. The van der Waals surface area contributed by atoms with Crippen molar-refractivity contribution in [3.05, 3.63) is 54.4 Å². The van der Waals surface area contributed by atoms with Gasteiger partial charge >= 0.3 is 0 Å². The minimum Gasteiger partial charge on any atom is -0.0616 e. The maximum absolute atomic E-state index is 2.35. The predicted molar refractivity (Wildman–Crippen MR) is 55.6 cm³/mol. The van der Waals surface area contributed by atoms with Crippen molar-refractivity contribution in [3.8, 4) is 0 Å². The first-order chi connectivity index (χ1) is 6.43. The van der Waals surface area contributed by atoms with Crippen molar-refractivity contribution in [1.82, 2.24) is 0 Å². The summed E-state index contributed by atoms with van der Waals surface area (Å²) in [5, 5.41) is 2.70. The molecule has 0 saturated heterocycles. The van der Waals surface area contributed by atoms with Crippen LogP contribution in [0, 0.1) is 6.42 Å². The average Bonchev–Trinajstić information content (AvgIpc) is 3.00. The van der Waals surface area contributed by atoms with Crippen LogP contribution in [-0.2, 0) is 0 Å². The minimum atomic E-state index is 0.740. The second-order valence-corrected chi connectivity index (χ2v) is 3.68. The molecule has 0 N–H and O–H groups in total. The van der Waals surface area contributed by atoms with Gasteiger partial charge in [-0.15, -0.1) is 0 Å². The number of hydrogen-bond acceptors (Lipinski definition) is 0. The Morgan fingerprint density at radius 3 is 2.46 bits per heavy atom. The first-order valence-electron chi connectivity index (χ1n) is 4.75. The van der Waals surface area contributed by atoms with Gasteiger partial charge in [-0.3, -0.25) is 0 Å². The second kappa shape index (κ2) is 2.59. The summed E-state index contributed by atoms with van der Waals surface area (Å²) in [5.74, 6) is 0.740. The van der Waals surface area contributed by atoms with Crippen molar-refractivity contribution in [2.75, 3.05) is 0 Å². The van der Waals surface area contributed by atoms with Crippen molar-refractivity contribution in [3.63, 3.8) is 0 Å². The summed E-state index contributed by atoms with van der Waals surface area (Å²) in [4.78, 5) is 0. The lowest BCUT2D eigenvalue weighted by molar-refractivity contribution is 1.17. The van der Waals surface area contributed by atoms with E-state index in [2.05, 4.69) is 48.9 Å². The van der Waals surface area contributed by atoms with E-state index in [9.17, 15) is 0 Å². The van der Waals surface area contributed by atoms with E-state index >= 15 is 0 Å². The molecule has 0 amide bonds. The minimum absolute atomic E-state index is 0.740. The van der Waals surface area contributed by atoms with Crippen LogP contribution in [0.15, 0.2) is 42.5 Å². The Hall–Kier alpha value is -1.30. The molecule has 0 bridgehead atoms. The number of hydrogen-bond donors (Lipinski definition) is 0. The molecule has 1 aliphatic rings. The molecule has 0 spiro atoms. The van der Waals surface area contributed by atoms with Gasteiger partial charge in [0.15, 0.2) is 0 Å². The van der Waals surface area contributed by atoms with Crippen molar-refractivity contribution < 1.29 is 0 Å². The summed E-state index contributed by atoms with van der Waals surface area (Å²) in [7, 11) is 0. The van der Waals surface area contributed by atoms with E-state index in [1.54, 1.807) is 0 Å². The van der Waals surface area contributed by atoms with Gasteiger partial charge in [0.2, 0.25) is 0 Å². The van der Waals surface area contributed by atoms with Gasteiger partial charge in [-0.1, -0.05) is 42.5 Å². The van der Waals surface area contributed by atoms with Crippen molar-refractivity contribution >= 4 is 10.8 Å². The van der Waals surface area contributed by atoms with E-state index in [0.717, 1.165) is 5.92 Å². The van der Waals surface area contributed by atoms with Crippen LogP contribution in [-0.4, -0.2) is 0 Å². The van der Waals surface area contributed by atoms with Gasteiger partial charge in [0.25, 0.3) is 0 Å². The Bertz CT molecular complexity index is 438. The highest BCUT2D eigenvalue weighted by Gasteiger charge is 2.23. The standard InChI is InChI=1S/C13H11/c1-2-4-12-9-13(11-5-6-11)8-7-10(12)3-1/h1-5,7-9,11H,6H2. The highest BCUT2D eigenvalue weighted by molar-refractivity contribution is 5.83. The Kier molecular flexibility index (Phi) is 1.42. The molecule has 1 atom stereocenters. The zero-order valence-electron chi connectivity index (χ0n) is 7.40. The number of rotatable bonds is 1. The van der Waals surface area contributed by atoms with E-state index in [1.807, 2.05) is 0 Å². The number of benzene rings is 2. The molecule has 0 nitrogen and oxygen atoms in total. The van der Waals surface area contributed by atoms with Crippen LogP contribution >= 0.6 is 0 Å². The maximum Gasteiger partial charge on any atom is -0.0127 e. The third-order valence-electron chi connectivity index (χ3n) is 2.67. The normalized spacial score (nSPS) is 16.3. The Morgan fingerprint density at radius 1 is 0.923 bits per heavy atom. The molecule has 3 rings (SSSR count). The lowest BCUT2D eigenvalue weighted by atomic mass is 10.0. The Morgan fingerprint density at radius 2 is 1.69 bits per heavy atom. The predicted octanol–water partition coefficient (Wildman–Crippen LogP) is 3.53. The highest BCUT2D eigenvalue weighted by Crippen LogP contribution is 2.39. The maximum atomic E-state index is 2.35. The van der Waals surface area contributed by atoms with Crippen LogP contribution in [0.3, 0.4) is 0 Å². The fraction of sp³-hybridized carbons (Fsp3) is 0.154. The fourth-order valence-electron chi connectivity index (χ4n) is 1.78. The van der Waals surface area contributed by atoms with Crippen LogP contribution in [0.1, 0.15) is 17.9 Å². The Labute approximate surface area is 78.2 Å². The van der Waals surface area contributed by atoms with E-state index in [4.69, 9.17) is 0 Å². The van der Waals surface area contributed by atoms with Crippen molar-refractivity contribution in [2.24, 2.45) is 0 Å². The number of fused-ring (bicyclic) bond motifs is 1. The van der Waals surface area contributed by atoms with E-state index < -0.39 is 0 Å². The first kappa shape index (κ1) is 7.14. The molecule has 0 aromatic heterocycles. The summed E-state index contributed by atoms with van der Waals surface area (Å²) < 4.78 is 0. The quantitative estimate of drug-likeness (QED) is 0.609. The van der Waals surface area contributed by atoms with E-state index in [-0.39, 0.29) is 0 Å². The SMILES string of the molecule is [CH]1CC1c1ccc2ccccc2c1.